The van der Waals surface area contributed by atoms with Crippen LogP contribution in [0.25, 0.3) is 0 Å². The van der Waals surface area contributed by atoms with Crippen molar-refractivity contribution in [2.75, 3.05) is 32.7 Å². The standard InChI is InChI=1S/C32H32N2O2/c35-31(27-16-18-30(19-17-27)36-25-26-10-4-1-5-11-26)24-33-20-22-34(23-21-33)32(28-12-6-2-7-13-28)29-14-8-3-9-15-29/h1-19,32H,20-25H2. The summed E-state index contributed by atoms with van der Waals surface area (Å²) in [6.07, 6.45) is 0. The molecule has 0 aliphatic carbocycles. The molecule has 36 heavy (non-hydrogen) atoms. The maximum Gasteiger partial charge on any atom is 0.176 e. The van der Waals surface area contributed by atoms with Gasteiger partial charge in [0.1, 0.15) is 12.4 Å². The number of rotatable bonds is 9. The molecule has 0 spiro atoms. The minimum Gasteiger partial charge on any atom is -0.489 e. The zero-order valence-corrected chi connectivity index (χ0v) is 20.5. The molecule has 1 aliphatic heterocycles. The highest BCUT2D eigenvalue weighted by Gasteiger charge is 2.27. The van der Waals surface area contributed by atoms with E-state index in [9.17, 15) is 4.79 Å². The molecule has 1 saturated heterocycles. The van der Waals surface area contributed by atoms with Crippen molar-refractivity contribution in [3.05, 3.63) is 138 Å². The number of ketones is 1. The number of nitrogens with zero attached hydrogens (tertiary/aromatic N) is 2. The lowest BCUT2D eigenvalue weighted by molar-refractivity contribution is 0.0808. The van der Waals surface area contributed by atoms with E-state index >= 15 is 0 Å². The van der Waals surface area contributed by atoms with Gasteiger partial charge in [-0.1, -0.05) is 91.0 Å². The number of Topliss-reactive ketones (excluding diaryl/α,β-unsaturated/α-hetero) is 1. The van der Waals surface area contributed by atoms with Gasteiger partial charge in [-0.05, 0) is 41.0 Å². The van der Waals surface area contributed by atoms with Gasteiger partial charge in [-0.2, -0.15) is 0 Å². The fourth-order valence-electron chi connectivity index (χ4n) is 4.84. The highest BCUT2D eigenvalue weighted by atomic mass is 16.5. The maximum absolute atomic E-state index is 13.0. The van der Waals surface area contributed by atoms with Gasteiger partial charge in [0, 0.05) is 31.7 Å². The third-order valence-electron chi connectivity index (χ3n) is 6.79. The Balaban J connectivity index is 1.16. The van der Waals surface area contributed by atoms with Gasteiger partial charge < -0.3 is 4.74 Å². The second kappa shape index (κ2) is 11.8. The monoisotopic (exact) mass is 476 g/mol. The van der Waals surface area contributed by atoms with Crippen molar-refractivity contribution < 1.29 is 9.53 Å². The summed E-state index contributed by atoms with van der Waals surface area (Å²) in [4.78, 5) is 17.8. The number of benzene rings is 4. The van der Waals surface area contributed by atoms with E-state index < -0.39 is 0 Å². The molecule has 0 radical (unpaired) electrons. The SMILES string of the molecule is O=C(CN1CCN(C(c2ccccc2)c2ccccc2)CC1)c1ccc(OCc2ccccc2)cc1. The number of ether oxygens (including phenoxy) is 1. The van der Waals surface area contributed by atoms with E-state index in [1.165, 1.54) is 11.1 Å². The average Bonchev–Trinajstić information content (AvgIpc) is 2.95. The smallest absolute Gasteiger partial charge is 0.176 e. The topological polar surface area (TPSA) is 32.8 Å². The van der Waals surface area contributed by atoms with Crippen LogP contribution >= 0.6 is 0 Å². The van der Waals surface area contributed by atoms with Crippen molar-refractivity contribution >= 4 is 5.78 Å². The lowest BCUT2D eigenvalue weighted by Crippen LogP contribution is -2.49. The summed E-state index contributed by atoms with van der Waals surface area (Å²) in [6.45, 7) is 4.56. The van der Waals surface area contributed by atoms with Crippen molar-refractivity contribution in [3.8, 4) is 5.75 Å². The Kier molecular flexibility index (Phi) is 7.86. The second-order valence-corrected chi connectivity index (χ2v) is 9.26. The van der Waals surface area contributed by atoms with Gasteiger partial charge in [0.15, 0.2) is 5.78 Å². The number of hydrogen-bond donors (Lipinski definition) is 0. The van der Waals surface area contributed by atoms with Crippen molar-refractivity contribution in [1.29, 1.82) is 0 Å². The van der Waals surface area contributed by atoms with Gasteiger partial charge >= 0.3 is 0 Å². The number of hydrogen-bond acceptors (Lipinski definition) is 4. The fraction of sp³-hybridized carbons (Fsp3) is 0.219. The fourth-order valence-corrected chi connectivity index (χ4v) is 4.84. The van der Waals surface area contributed by atoms with Gasteiger partial charge in [0.05, 0.1) is 12.6 Å². The molecule has 0 atom stereocenters. The molecule has 1 aliphatic rings. The highest BCUT2D eigenvalue weighted by molar-refractivity contribution is 5.97. The van der Waals surface area contributed by atoms with E-state index in [0.29, 0.717) is 13.2 Å². The number of piperazine rings is 1. The molecule has 4 nitrogen and oxygen atoms in total. The Bertz CT molecular complexity index is 1180. The first kappa shape index (κ1) is 24.0. The normalized spacial score (nSPS) is 14.6. The van der Waals surface area contributed by atoms with Crippen LogP contribution in [0.2, 0.25) is 0 Å². The van der Waals surface area contributed by atoms with Crippen LogP contribution in [0.4, 0.5) is 0 Å². The first-order valence-corrected chi connectivity index (χ1v) is 12.6. The molecule has 0 bridgehead atoms. The van der Waals surface area contributed by atoms with Gasteiger partial charge in [0.2, 0.25) is 0 Å². The average molecular weight is 477 g/mol. The minimum atomic E-state index is 0.153. The zero-order chi connectivity index (χ0) is 24.6. The minimum absolute atomic E-state index is 0.153. The van der Waals surface area contributed by atoms with Crippen LogP contribution in [0.5, 0.6) is 5.75 Å². The Morgan fingerprint density at radius 3 is 1.75 bits per heavy atom. The van der Waals surface area contributed by atoms with E-state index in [2.05, 4.69) is 70.5 Å². The summed E-state index contributed by atoms with van der Waals surface area (Å²) < 4.78 is 5.86. The molecule has 1 heterocycles. The first-order valence-electron chi connectivity index (χ1n) is 12.6. The zero-order valence-electron chi connectivity index (χ0n) is 20.5. The summed E-state index contributed by atoms with van der Waals surface area (Å²) in [5, 5.41) is 0. The molecule has 0 amide bonds. The third kappa shape index (κ3) is 6.09. The molecule has 0 N–H and O–H groups in total. The number of carbonyl (C=O) groups excluding carboxylic acids is 1. The van der Waals surface area contributed by atoms with Crippen molar-refractivity contribution in [1.82, 2.24) is 9.80 Å². The number of carbonyl (C=O) groups is 1. The van der Waals surface area contributed by atoms with E-state index in [0.717, 1.165) is 43.1 Å². The van der Waals surface area contributed by atoms with Crippen LogP contribution in [0.3, 0.4) is 0 Å². The Morgan fingerprint density at radius 2 is 1.19 bits per heavy atom. The van der Waals surface area contributed by atoms with Crippen LogP contribution in [-0.2, 0) is 6.61 Å². The molecule has 4 heteroatoms. The van der Waals surface area contributed by atoms with E-state index in [1.807, 2.05) is 54.6 Å². The van der Waals surface area contributed by atoms with Gasteiger partial charge in [-0.3, -0.25) is 14.6 Å². The molecule has 4 aromatic rings. The molecule has 4 aromatic carbocycles. The Labute approximate surface area is 213 Å². The first-order chi connectivity index (χ1) is 17.8. The van der Waals surface area contributed by atoms with Crippen molar-refractivity contribution in [2.45, 2.75) is 12.6 Å². The van der Waals surface area contributed by atoms with Crippen LogP contribution < -0.4 is 4.74 Å². The van der Waals surface area contributed by atoms with E-state index in [1.54, 1.807) is 0 Å². The largest absolute Gasteiger partial charge is 0.489 e. The van der Waals surface area contributed by atoms with Crippen LogP contribution in [-0.4, -0.2) is 48.3 Å². The van der Waals surface area contributed by atoms with E-state index in [4.69, 9.17) is 4.74 Å². The summed E-state index contributed by atoms with van der Waals surface area (Å²) in [5.41, 5.74) is 4.47. The third-order valence-corrected chi connectivity index (χ3v) is 6.79. The van der Waals surface area contributed by atoms with Gasteiger partial charge in [-0.15, -0.1) is 0 Å². The summed E-state index contributed by atoms with van der Waals surface area (Å²) in [7, 11) is 0. The lowest BCUT2D eigenvalue weighted by Gasteiger charge is -2.39. The predicted molar refractivity (Wildman–Crippen MR) is 144 cm³/mol. The van der Waals surface area contributed by atoms with Gasteiger partial charge in [-0.25, -0.2) is 0 Å². The van der Waals surface area contributed by atoms with Crippen LogP contribution in [0, 0.1) is 0 Å². The second-order valence-electron chi connectivity index (χ2n) is 9.26. The lowest BCUT2D eigenvalue weighted by atomic mass is 9.96. The van der Waals surface area contributed by atoms with Crippen LogP contribution in [0.1, 0.15) is 33.1 Å². The molecule has 0 aromatic heterocycles. The molecule has 1 fully saturated rings. The summed E-state index contributed by atoms with van der Waals surface area (Å²) >= 11 is 0. The Morgan fingerprint density at radius 1 is 0.667 bits per heavy atom. The molecule has 5 rings (SSSR count). The highest BCUT2D eigenvalue weighted by Crippen LogP contribution is 2.29. The maximum atomic E-state index is 13.0. The quantitative estimate of drug-likeness (QED) is 0.284. The molecule has 182 valence electrons. The molecule has 0 saturated carbocycles. The Hall–Kier alpha value is -3.73. The molecule has 0 unspecified atom stereocenters. The van der Waals surface area contributed by atoms with Gasteiger partial charge in [0.25, 0.3) is 0 Å². The molecular formula is C32H32N2O2. The van der Waals surface area contributed by atoms with E-state index in [-0.39, 0.29) is 11.8 Å². The van der Waals surface area contributed by atoms with Crippen LogP contribution in [0.15, 0.2) is 115 Å². The van der Waals surface area contributed by atoms with Crippen molar-refractivity contribution in [3.63, 3.8) is 0 Å². The summed E-state index contributed by atoms with van der Waals surface area (Å²) in [5.74, 6) is 0.928. The summed E-state index contributed by atoms with van der Waals surface area (Å²) in [6, 6.07) is 39.2. The predicted octanol–water partition coefficient (Wildman–Crippen LogP) is 5.86. The molecular weight excluding hydrogens is 444 g/mol. The van der Waals surface area contributed by atoms with Crippen molar-refractivity contribution in [2.24, 2.45) is 0 Å².